The number of rotatable bonds is 2. The van der Waals surface area contributed by atoms with Crippen molar-refractivity contribution in [2.75, 3.05) is 0 Å². The second-order valence-corrected chi connectivity index (χ2v) is 10.3. The Hall–Kier alpha value is -0.790. The Bertz CT molecular complexity index is 628. The normalized spacial score (nSPS) is 64.0. The maximum Gasteiger partial charge on any atom is 0.309 e. The first-order valence-corrected chi connectivity index (χ1v) is 9.92. The largest absolute Gasteiger partial charge is 0.481 e. The molecule has 5 fully saturated rings. The van der Waals surface area contributed by atoms with E-state index in [-0.39, 0.29) is 0 Å². The highest BCUT2D eigenvalue weighted by atomic mass is 16.4. The number of hydrogen-bond acceptors (Lipinski definition) is 1. The van der Waals surface area contributed by atoms with E-state index in [4.69, 9.17) is 0 Å². The van der Waals surface area contributed by atoms with Gasteiger partial charge in [0.1, 0.15) is 0 Å². The highest BCUT2D eigenvalue weighted by molar-refractivity contribution is 5.75. The first-order valence-electron chi connectivity index (χ1n) is 9.92. The summed E-state index contributed by atoms with van der Waals surface area (Å²) in [7, 11) is 0. The van der Waals surface area contributed by atoms with E-state index in [2.05, 4.69) is 19.1 Å². The molecule has 6 aliphatic carbocycles. The number of hydrogen-bond donors (Lipinski definition) is 1. The van der Waals surface area contributed by atoms with Gasteiger partial charge in [-0.3, -0.25) is 4.79 Å². The zero-order valence-electron chi connectivity index (χ0n) is 14.1. The van der Waals surface area contributed by atoms with E-state index < -0.39 is 11.4 Å². The van der Waals surface area contributed by atoms with E-state index >= 15 is 0 Å². The van der Waals surface area contributed by atoms with Crippen LogP contribution in [0.1, 0.15) is 58.3 Å². The lowest BCUT2D eigenvalue weighted by Crippen LogP contribution is -2.48. The minimum atomic E-state index is -0.524. The van der Waals surface area contributed by atoms with Gasteiger partial charge in [0, 0.05) is 0 Å². The van der Waals surface area contributed by atoms with Gasteiger partial charge in [-0.15, -0.1) is 0 Å². The molecule has 0 amide bonds. The third-order valence-corrected chi connectivity index (χ3v) is 9.97. The Balaban J connectivity index is 1.45. The van der Waals surface area contributed by atoms with E-state index in [1.54, 1.807) is 0 Å². The van der Waals surface area contributed by atoms with Crippen LogP contribution in [0.3, 0.4) is 0 Å². The van der Waals surface area contributed by atoms with Crippen molar-refractivity contribution in [3.63, 3.8) is 0 Å². The van der Waals surface area contributed by atoms with Crippen LogP contribution in [0.5, 0.6) is 0 Å². The third-order valence-electron chi connectivity index (χ3n) is 9.97. The first-order chi connectivity index (χ1) is 11.0. The summed E-state index contributed by atoms with van der Waals surface area (Å²) in [6.45, 7) is 2.05. The van der Waals surface area contributed by atoms with Gasteiger partial charge in [0.15, 0.2) is 0 Å². The van der Waals surface area contributed by atoms with E-state index in [1.807, 2.05) is 0 Å². The van der Waals surface area contributed by atoms with Crippen molar-refractivity contribution in [3.05, 3.63) is 12.2 Å². The van der Waals surface area contributed by atoms with Crippen molar-refractivity contribution < 1.29 is 9.90 Å². The van der Waals surface area contributed by atoms with E-state index in [1.165, 1.54) is 44.9 Å². The number of fused-ring (bicyclic) bond motifs is 12. The molecule has 5 saturated carbocycles. The SMILES string of the molecule is CC1(C(=O)O)CC2CC1C1C3C=CC(C45CCC(CC4)C5)(C3)C21. The fourth-order valence-electron chi connectivity index (χ4n) is 9.29. The minimum absolute atomic E-state index is 0.434. The molecule has 124 valence electrons. The molecule has 0 spiro atoms. The fraction of sp³-hybridized carbons (Fsp3) is 0.857. The number of carboxylic acids is 1. The molecule has 0 aliphatic heterocycles. The molecule has 6 rings (SSSR count). The van der Waals surface area contributed by atoms with Crippen molar-refractivity contribution in [1.82, 2.24) is 0 Å². The van der Waals surface area contributed by atoms with Gasteiger partial charge in [-0.1, -0.05) is 12.2 Å². The van der Waals surface area contributed by atoms with Crippen LogP contribution < -0.4 is 0 Å². The van der Waals surface area contributed by atoms with Crippen molar-refractivity contribution in [1.29, 1.82) is 0 Å². The molecular formula is C21H28O2. The predicted octanol–water partition coefficient (Wildman–Crippen LogP) is 4.51. The summed E-state index contributed by atoms with van der Waals surface area (Å²) in [5.74, 6) is 3.84. The predicted molar refractivity (Wildman–Crippen MR) is 87.6 cm³/mol. The number of aliphatic carboxylic acids is 1. The molecule has 0 heterocycles. The van der Waals surface area contributed by atoms with Crippen molar-refractivity contribution in [2.24, 2.45) is 51.8 Å². The first kappa shape index (κ1) is 13.5. The summed E-state index contributed by atoms with van der Waals surface area (Å²) in [6.07, 6.45) is 16.1. The van der Waals surface area contributed by atoms with Crippen LogP contribution in [0, 0.1) is 51.8 Å². The molecule has 0 aromatic rings. The van der Waals surface area contributed by atoms with Crippen molar-refractivity contribution in [3.8, 4) is 0 Å². The molecule has 6 bridgehead atoms. The standard InChI is InChI=1S/C21H28O2/c1-19(18(22)23)10-14-8-15(19)16-13-4-7-21(11-13,17(14)16)20-5-2-12(9-20)3-6-20/h4,7,12-17H,2-3,5-6,8-11H2,1H3,(H,22,23). The summed E-state index contributed by atoms with van der Waals surface area (Å²) in [6, 6.07) is 0. The van der Waals surface area contributed by atoms with Gasteiger partial charge in [-0.05, 0) is 105 Å². The summed E-state index contributed by atoms with van der Waals surface area (Å²) < 4.78 is 0. The zero-order valence-corrected chi connectivity index (χ0v) is 14.1. The average molecular weight is 312 g/mol. The average Bonchev–Trinajstić information content (AvgIpc) is 3.31. The van der Waals surface area contributed by atoms with Crippen LogP contribution in [-0.4, -0.2) is 11.1 Å². The molecule has 7 unspecified atom stereocenters. The Kier molecular flexibility index (Phi) is 2.19. The molecule has 0 saturated heterocycles. The molecule has 2 nitrogen and oxygen atoms in total. The molecule has 7 atom stereocenters. The number of carboxylic acid groups (broad SMARTS) is 1. The second-order valence-electron chi connectivity index (χ2n) is 10.3. The smallest absolute Gasteiger partial charge is 0.309 e. The highest BCUT2D eigenvalue weighted by Crippen LogP contribution is 2.80. The summed E-state index contributed by atoms with van der Waals surface area (Å²) in [5, 5.41) is 9.85. The summed E-state index contributed by atoms with van der Waals surface area (Å²) in [5.41, 5.74) is 0.635. The third kappa shape index (κ3) is 1.25. The summed E-state index contributed by atoms with van der Waals surface area (Å²) in [4.78, 5) is 12.0. The van der Waals surface area contributed by atoms with Gasteiger partial charge in [0.25, 0.3) is 0 Å². The number of allylic oxidation sites excluding steroid dienone is 2. The van der Waals surface area contributed by atoms with Gasteiger partial charge < -0.3 is 5.11 Å². The maximum atomic E-state index is 12.0. The Morgan fingerprint density at radius 2 is 1.96 bits per heavy atom. The van der Waals surface area contributed by atoms with Crippen LogP contribution in [0.4, 0.5) is 0 Å². The lowest BCUT2D eigenvalue weighted by Gasteiger charge is -2.52. The molecule has 6 aliphatic rings. The van der Waals surface area contributed by atoms with Gasteiger partial charge in [-0.25, -0.2) is 0 Å². The van der Waals surface area contributed by atoms with E-state index in [0.717, 1.165) is 18.3 Å². The van der Waals surface area contributed by atoms with Gasteiger partial charge in [0.05, 0.1) is 5.41 Å². The molecule has 0 aromatic carbocycles. The van der Waals surface area contributed by atoms with Crippen molar-refractivity contribution >= 4 is 5.97 Å². The minimum Gasteiger partial charge on any atom is -0.481 e. The molecule has 0 radical (unpaired) electrons. The molecule has 0 aromatic heterocycles. The Morgan fingerprint density at radius 1 is 1.17 bits per heavy atom. The lowest BCUT2D eigenvalue weighted by atomic mass is 9.52. The van der Waals surface area contributed by atoms with Crippen LogP contribution in [0.2, 0.25) is 0 Å². The van der Waals surface area contributed by atoms with Crippen molar-refractivity contribution in [2.45, 2.75) is 58.3 Å². The molecule has 23 heavy (non-hydrogen) atoms. The second kappa shape index (κ2) is 3.73. The maximum absolute atomic E-state index is 12.0. The topological polar surface area (TPSA) is 37.3 Å². The Labute approximate surface area is 138 Å². The van der Waals surface area contributed by atoms with Crippen LogP contribution in [-0.2, 0) is 4.79 Å². The van der Waals surface area contributed by atoms with E-state index in [9.17, 15) is 9.90 Å². The van der Waals surface area contributed by atoms with Gasteiger partial charge in [0.2, 0.25) is 0 Å². The van der Waals surface area contributed by atoms with E-state index in [0.29, 0.717) is 34.5 Å². The van der Waals surface area contributed by atoms with Crippen LogP contribution >= 0.6 is 0 Å². The molecular weight excluding hydrogens is 284 g/mol. The number of carbonyl (C=O) groups is 1. The quantitative estimate of drug-likeness (QED) is 0.602. The summed E-state index contributed by atoms with van der Waals surface area (Å²) >= 11 is 0. The Morgan fingerprint density at radius 3 is 2.61 bits per heavy atom. The molecule has 2 heteroatoms. The fourth-order valence-corrected chi connectivity index (χ4v) is 9.29. The highest BCUT2D eigenvalue weighted by Gasteiger charge is 2.75. The zero-order chi connectivity index (χ0) is 15.6. The lowest BCUT2D eigenvalue weighted by molar-refractivity contribution is -0.154. The van der Waals surface area contributed by atoms with Gasteiger partial charge >= 0.3 is 5.97 Å². The molecule has 1 N–H and O–H groups in total. The van der Waals surface area contributed by atoms with Crippen LogP contribution in [0.15, 0.2) is 12.2 Å². The van der Waals surface area contributed by atoms with Gasteiger partial charge in [-0.2, -0.15) is 0 Å². The van der Waals surface area contributed by atoms with Crippen LogP contribution in [0.25, 0.3) is 0 Å². The monoisotopic (exact) mass is 312 g/mol.